The van der Waals surface area contributed by atoms with Crippen LogP contribution in [0.1, 0.15) is 31.1 Å². The predicted octanol–water partition coefficient (Wildman–Crippen LogP) is 0.409. The number of hydrogen-bond acceptors (Lipinski definition) is 5. The van der Waals surface area contributed by atoms with E-state index in [1.807, 2.05) is 0 Å². The van der Waals surface area contributed by atoms with Gasteiger partial charge in [-0.3, -0.25) is 9.69 Å². The van der Waals surface area contributed by atoms with E-state index in [0.29, 0.717) is 0 Å². The minimum Gasteiger partial charge on any atom is -0.386 e. The lowest BCUT2D eigenvalue weighted by atomic mass is 10.1. The summed E-state index contributed by atoms with van der Waals surface area (Å²) in [6.07, 6.45) is 0. The molecule has 0 saturated carbocycles. The van der Waals surface area contributed by atoms with Crippen LogP contribution in [-0.4, -0.2) is 42.9 Å². The maximum absolute atomic E-state index is 12.0. The zero-order valence-corrected chi connectivity index (χ0v) is 10.2. The van der Waals surface area contributed by atoms with Crippen molar-refractivity contribution in [2.45, 2.75) is 0 Å². The minimum atomic E-state index is -0.794. The third-order valence-electron chi connectivity index (χ3n) is 2.71. The van der Waals surface area contributed by atoms with Crippen LogP contribution in [0.15, 0.2) is 18.2 Å². The summed E-state index contributed by atoms with van der Waals surface area (Å²) in [6.45, 7) is 0. The number of hydrogen-bond donors (Lipinski definition) is 1. The normalized spacial score (nSPS) is 12.7. The summed E-state index contributed by atoms with van der Waals surface area (Å²) in [4.78, 5) is 46.8. The zero-order chi connectivity index (χ0) is 14.2. The van der Waals surface area contributed by atoms with Crippen LogP contribution in [0.25, 0.3) is 0 Å². The fourth-order valence-electron chi connectivity index (χ4n) is 1.67. The molecule has 1 N–H and O–H groups in total. The smallest absolute Gasteiger partial charge is 0.346 e. The minimum absolute atomic E-state index is 0.0288. The average Bonchev–Trinajstić information content (AvgIpc) is 2.71. The number of urea groups is 1. The van der Waals surface area contributed by atoms with E-state index in [2.05, 4.69) is 10.1 Å². The van der Waals surface area contributed by atoms with Gasteiger partial charge in [0.25, 0.3) is 5.91 Å². The molecule has 0 aromatic heterocycles. The Kier molecular flexibility index (Phi) is 3.04. The first-order valence-electron chi connectivity index (χ1n) is 5.36. The molecule has 3 amide bonds. The van der Waals surface area contributed by atoms with Crippen molar-refractivity contribution < 1.29 is 23.9 Å². The lowest BCUT2D eigenvalue weighted by Crippen LogP contribution is -2.39. The fourth-order valence-corrected chi connectivity index (χ4v) is 1.67. The number of rotatable bonds is 1. The number of esters is 2. The Morgan fingerprint density at radius 2 is 1.79 bits per heavy atom. The molecule has 7 heteroatoms. The van der Waals surface area contributed by atoms with Crippen LogP contribution in [-0.2, 0) is 4.74 Å². The van der Waals surface area contributed by atoms with E-state index in [4.69, 9.17) is 0 Å². The Morgan fingerprint density at radius 1 is 1.16 bits per heavy atom. The first-order chi connectivity index (χ1) is 8.95. The van der Waals surface area contributed by atoms with Gasteiger partial charge in [0.15, 0.2) is 0 Å². The molecule has 1 aliphatic rings. The van der Waals surface area contributed by atoms with Crippen LogP contribution < -0.4 is 5.32 Å². The van der Waals surface area contributed by atoms with Crippen LogP contribution >= 0.6 is 0 Å². The molecule has 0 unspecified atom stereocenters. The number of nitrogens with zero attached hydrogens (tertiary/aromatic N) is 1. The van der Waals surface area contributed by atoms with Gasteiger partial charge in [0.2, 0.25) is 0 Å². The second kappa shape index (κ2) is 4.52. The topological polar surface area (TPSA) is 92.8 Å². The third kappa shape index (κ3) is 2.05. The Balaban J connectivity index is 2.36. The van der Waals surface area contributed by atoms with Crippen LogP contribution in [0.4, 0.5) is 4.79 Å². The van der Waals surface area contributed by atoms with Gasteiger partial charge < -0.3 is 10.1 Å². The lowest BCUT2D eigenvalue weighted by Gasteiger charge is -2.14. The molecule has 0 aliphatic carbocycles. The molecule has 0 fully saturated rings. The van der Waals surface area contributed by atoms with Gasteiger partial charge in [-0.1, -0.05) is 0 Å². The quantitative estimate of drug-likeness (QED) is 0.584. The van der Waals surface area contributed by atoms with E-state index in [0.717, 1.165) is 4.90 Å². The highest BCUT2D eigenvalue weighted by Crippen LogP contribution is 2.21. The number of nitrogens with one attached hydrogen (secondary N) is 1. The van der Waals surface area contributed by atoms with Crippen molar-refractivity contribution in [2.24, 2.45) is 0 Å². The number of carbonyl (C=O) groups excluding carboxylic acids is 4. The van der Waals surface area contributed by atoms with E-state index in [1.165, 1.54) is 32.3 Å². The number of carbonyl (C=O) groups is 4. The highest BCUT2D eigenvalue weighted by atomic mass is 16.6. The van der Waals surface area contributed by atoms with Gasteiger partial charge in [-0.2, -0.15) is 0 Å². The molecule has 7 nitrogen and oxygen atoms in total. The number of imide groups is 1. The second-order valence-corrected chi connectivity index (χ2v) is 3.86. The first-order valence-corrected chi connectivity index (χ1v) is 5.36. The molecule has 1 aromatic carbocycles. The van der Waals surface area contributed by atoms with Gasteiger partial charge in [0.05, 0.1) is 11.1 Å². The van der Waals surface area contributed by atoms with Crippen LogP contribution in [0.3, 0.4) is 0 Å². The summed E-state index contributed by atoms with van der Waals surface area (Å²) < 4.78 is 4.41. The molecule has 0 bridgehead atoms. The molecule has 1 aromatic rings. The number of ether oxygens (including phenoxy) is 1. The lowest BCUT2D eigenvalue weighted by molar-refractivity contribution is 0.0443. The molecule has 0 atom stereocenters. The summed E-state index contributed by atoms with van der Waals surface area (Å²) in [6, 6.07) is 3.35. The average molecular weight is 262 g/mol. The number of fused-ring (bicyclic) bond motifs is 1. The summed E-state index contributed by atoms with van der Waals surface area (Å²) in [5, 5.41) is 2.30. The second-order valence-electron chi connectivity index (χ2n) is 3.86. The largest absolute Gasteiger partial charge is 0.386 e. The molecule has 1 aliphatic heterocycles. The predicted molar refractivity (Wildman–Crippen MR) is 62.7 cm³/mol. The number of amides is 3. The molecule has 98 valence electrons. The van der Waals surface area contributed by atoms with Crippen molar-refractivity contribution in [3.63, 3.8) is 0 Å². The highest BCUT2D eigenvalue weighted by molar-refractivity contribution is 6.16. The van der Waals surface area contributed by atoms with Crippen molar-refractivity contribution in [3.8, 4) is 0 Å². The molecule has 0 spiro atoms. The third-order valence-corrected chi connectivity index (χ3v) is 2.71. The maximum Gasteiger partial charge on any atom is 0.346 e. The SMILES string of the molecule is CNC(=O)N(C)C(=O)c1ccc2c(c1)C(=O)OC2=O. The van der Waals surface area contributed by atoms with Crippen molar-refractivity contribution in [2.75, 3.05) is 14.1 Å². The standard InChI is InChI=1S/C12H10N2O5/c1-13-12(18)14(2)9(15)6-3-4-7-8(5-6)11(17)19-10(7)16/h3-5H,1-2H3,(H,13,18). The Morgan fingerprint density at radius 3 is 2.42 bits per heavy atom. The van der Waals surface area contributed by atoms with Gasteiger partial charge in [0.1, 0.15) is 0 Å². The summed E-state index contributed by atoms with van der Waals surface area (Å²) in [5.74, 6) is -2.12. The maximum atomic E-state index is 12.0. The summed E-state index contributed by atoms with van der Waals surface area (Å²) in [5.41, 5.74) is 0.266. The molecular formula is C12H10N2O5. The monoisotopic (exact) mass is 262 g/mol. The summed E-state index contributed by atoms with van der Waals surface area (Å²) >= 11 is 0. The highest BCUT2D eigenvalue weighted by Gasteiger charge is 2.31. The molecule has 0 radical (unpaired) electrons. The summed E-state index contributed by atoms with van der Waals surface area (Å²) in [7, 11) is 2.70. The van der Waals surface area contributed by atoms with Gasteiger partial charge in [0, 0.05) is 19.7 Å². The van der Waals surface area contributed by atoms with E-state index in [9.17, 15) is 19.2 Å². The van der Waals surface area contributed by atoms with Crippen LogP contribution in [0, 0.1) is 0 Å². The molecule has 19 heavy (non-hydrogen) atoms. The molecule has 2 rings (SSSR count). The van der Waals surface area contributed by atoms with Crippen molar-refractivity contribution in [1.29, 1.82) is 0 Å². The van der Waals surface area contributed by atoms with E-state index in [1.54, 1.807) is 0 Å². The van der Waals surface area contributed by atoms with Gasteiger partial charge >= 0.3 is 18.0 Å². The zero-order valence-electron chi connectivity index (χ0n) is 10.2. The Labute approximate surface area is 108 Å². The van der Waals surface area contributed by atoms with E-state index in [-0.39, 0.29) is 16.7 Å². The van der Waals surface area contributed by atoms with Crippen molar-refractivity contribution >= 4 is 23.9 Å². The molecule has 0 saturated heterocycles. The Hall–Kier alpha value is -2.70. The van der Waals surface area contributed by atoms with E-state index >= 15 is 0 Å². The van der Waals surface area contributed by atoms with E-state index < -0.39 is 23.9 Å². The number of benzene rings is 1. The van der Waals surface area contributed by atoms with Crippen molar-refractivity contribution in [1.82, 2.24) is 10.2 Å². The van der Waals surface area contributed by atoms with Crippen molar-refractivity contribution in [3.05, 3.63) is 34.9 Å². The van der Waals surface area contributed by atoms with Gasteiger partial charge in [-0.15, -0.1) is 0 Å². The fraction of sp³-hybridized carbons (Fsp3) is 0.167. The number of cyclic esters (lactones) is 2. The Bertz CT molecular complexity index is 608. The van der Waals surface area contributed by atoms with Crippen LogP contribution in [0.2, 0.25) is 0 Å². The van der Waals surface area contributed by atoms with Crippen LogP contribution in [0.5, 0.6) is 0 Å². The molecule has 1 heterocycles. The van der Waals surface area contributed by atoms with Gasteiger partial charge in [-0.25, -0.2) is 14.4 Å². The molecular weight excluding hydrogens is 252 g/mol. The van der Waals surface area contributed by atoms with Gasteiger partial charge in [-0.05, 0) is 18.2 Å². The first kappa shape index (κ1) is 12.7.